The molecule has 0 aromatic heterocycles. The third kappa shape index (κ3) is 5.90. The number of ether oxygens (including phenoxy) is 3. The average Bonchev–Trinajstić information content (AvgIpc) is 2.67. The summed E-state index contributed by atoms with van der Waals surface area (Å²) in [6.07, 6.45) is 0.904. The van der Waals surface area contributed by atoms with Crippen LogP contribution >= 0.6 is 0 Å². The van der Waals surface area contributed by atoms with E-state index >= 15 is 0 Å². The van der Waals surface area contributed by atoms with E-state index in [1.807, 2.05) is 0 Å². The van der Waals surface area contributed by atoms with Gasteiger partial charge in [-0.1, -0.05) is 0 Å². The number of amides is 1. The quantitative estimate of drug-likeness (QED) is 0.368. The molecule has 0 fully saturated rings. The van der Waals surface area contributed by atoms with Gasteiger partial charge in [-0.2, -0.15) is 0 Å². The van der Waals surface area contributed by atoms with E-state index in [0.717, 1.165) is 24.5 Å². The molecule has 11 heteroatoms. The number of nitrogens with one attached hydrogen (secondary N) is 1. The summed E-state index contributed by atoms with van der Waals surface area (Å²) in [6.45, 7) is 0.606. The topological polar surface area (TPSA) is 134 Å². The van der Waals surface area contributed by atoms with E-state index in [-0.39, 0.29) is 17.1 Å². The summed E-state index contributed by atoms with van der Waals surface area (Å²) in [7, 11) is -0.755. The number of benzene rings is 2. The lowest BCUT2D eigenvalue weighted by Crippen LogP contribution is -2.14. The number of carbonyl (C=O) groups is 1. The third-order valence-electron chi connectivity index (χ3n) is 3.76. The normalized spacial score (nSPS) is 11.0. The van der Waals surface area contributed by atoms with Crippen molar-refractivity contribution in [2.45, 2.75) is 4.90 Å². The molecule has 0 saturated carbocycles. The fourth-order valence-electron chi connectivity index (χ4n) is 2.34. The first-order valence-corrected chi connectivity index (χ1v) is 10.2. The minimum absolute atomic E-state index is 0.169. The maximum absolute atomic E-state index is 12.6. The van der Waals surface area contributed by atoms with E-state index in [1.54, 1.807) is 12.1 Å². The van der Waals surface area contributed by atoms with Crippen LogP contribution in [0.15, 0.2) is 41.3 Å². The second-order valence-electron chi connectivity index (χ2n) is 5.91. The van der Waals surface area contributed by atoms with Crippen LogP contribution in [0.4, 0.5) is 11.4 Å². The number of hydrogen-bond acceptors (Lipinski definition) is 8. The summed E-state index contributed by atoms with van der Waals surface area (Å²) in [5.41, 5.74) is -0.343. The molecule has 0 aliphatic carbocycles. The minimum Gasteiger partial charge on any atom is -0.493 e. The standard InChI is InChI=1S/C18H20N2O8S/c1-26-6-7-28-17-10-13(4-5-16(17)27-2)19-18(21)12-8-14(20(22)23)11-15(9-12)29(3,24)25/h4-5,8-11H,6-7H2,1-3H3,(H,19,21). The number of sulfone groups is 1. The number of rotatable bonds is 9. The van der Waals surface area contributed by atoms with Gasteiger partial charge in [0.25, 0.3) is 11.6 Å². The molecule has 0 atom stereocenters. The van der Waals surface area contributed by atoms with E-state index in [1.165, 1.54) is 20.3 Å². The first-order valence-electron chi connectivity index (χ1n) is 8.26. The van der Waals surface area contributed by atoms with Gasteiger partial charge >= 0.3 is 0 Å². The summed E-state index contributed by atoms with van der Waals surface area (Å²) < 4.78 is 39.2. The monoisotopic (exact) mass is 424 g/mol. The van der Waals surface area contributed by atoms with Crippen molar-refractivity contribution in [3.8, 4) is 11.5 Å². The molecule has 1 amide bonds. The van der Waals surface area contributed by atoms with Crippen LogP contribution in [0, 0.1) is 10.1 Å². The summed E-state index contributed by atoms with van der Waals surface area (Å²) in [5.74, 6) is 0.0821. The van der Waals surface area contributed by atoms with E-state index in [0.29, 0.717) is 23.8 Å². The van der Waals surface area contributed by atoms with Gasteiger partial charge in [0.2, 0.25) is 0 Å². The highest BCUT2D eigenvalue weighted by atomic mass is 32.2. The number of hydrogen-bond donors (Lipinski definition) is 1. The van der Waals surface area contributed by atoms with Crippen LogP contribution in [-0.4, -0.2) is 52.9 Å². The molecule has 0 bridgehead atoms. The van der Waals surface area contributed by atoms with Gasteiger partial charge in [0, 0.05) is 42.8 Å². The van der Waals surface area contributed by atoms with E-state index in [4.69, 9.17) is 14.2 Å². The van der Waals surface area contributed by atoms with Crippen LogP contribution in [-0.2, 0) is 14.6 Å². The third-order valence-corrected chi connectivity index (χ3v) is 4.85. The average molecular weight is 424 g/mol. The Hall–Kier alpha value is -3.18. The molecular weight excluding hydrogens is 404 g/mol. The summed E-state index contributed by atoms with van der Waals surface area (Å²) >= 11 is 0. The molecule has 0 unspecified atom stereocenters. The molecule has 2 aromatic carbocycles. The molecule has 0 aliphatic rings. The lowest BCUT2D eigenvalue weighted by molar-refractivity contribution is -0.385. The summed E-state index contributed by atoms with van der Waals surface area (Å²) in [5, 5.41) is 13.7. The Balaban J connectivity index is 2.33. The molecule has 0 saturated heterocycles. The van der Waals surface area contributed by atoms with Crippen LogP contribution in [0.25, 0.3) is 0 Å². The Bertz CT molecular complexity index is 1020. The van der Waals surface area contributed by atoms with Gasteiger partial charge in [0.05, 0.1) is 23.5 Å². The van der Waals surface area contributed by atoms with Crippen molar-refractivity contribution in [3.05, 3.63) is 52.1 Å². The van der Waals surface area contributed by atoms with E-state index in [2.05, 4.69) is 5.32 Å². The van der Waals surface area contributed by atoms with Crippen LogP contribution in [0.3, 0.4) is 0 Å². The van der Waals surface area contributed by atoms with Crippen LogP contribution in [0.1, 0.15) is 10.4 Å². The lowest BCUT2D eigenvalue weighted by Gasteiger charge is -2.13. The fraction of sp³-hybridized carbons (Fsp3) is 0.278. The zero-order valence-corrected chi connectivity index (χ0v) is 16.8. The number of anilines is 1. The predicted molar refractivity (Wildman–Crippen MR) is 105 cm³/mol. The van der Waals surface area contributed by atoms with Crippen LogP contribution in [0.2, 0.25) is 0 Å². The molecule has 0 spiro atoms. The second kappa shape index (κ2) is 9.34. The van der Waals surface area contributed by atoms with Gasteiger partial charge in [-0.05, 0) is 18.2 Å². The van der Waals surface area contributed by atoms with Crippen molar-refractivity contribution >= 4 is 27.1 Å². The van der Waals surface area contributed by atoms with Crippen molar-refractivity contribution in [2.75, 3.05) is 39.0 Å². The minimum atomic E-state index is -3.75. The predicted octanol–water partition coefficient (Wildman–Crippen LogP) is 2.28. The van der Waals surface area contributed by atoms with Gasteiger partial charge in [0.15, 0.2) is 21.3 Å². The maximum atomic E-state index is 12.6. The molecule has 29 heavy (non-hydrogen) atoms. The summed E-state index contributed by atoms with van der Waals surface area (Å²) in [6, 6.07) is 7.63. The number of carbonyl (C=O) groups excluding carboxylic acids is 1. The van der Waals surface area contributed by atoms with E-state index < -0.39 is 26.4 Å². The Morgan fingerprint density at radius 2 is 1.83 bits per heavy atom. The number of nitrogens with zero attached hydrogens (tertiary/aromatic N) is 1. The molecule has 1 N–H and O–H groups in total. The SMILES string of the molecule is COCCOc1cc(NC(=O)c2cc([N+](=O)[O-])cc(S(C)(=O)=O)c2)ccc1OC. The molecule has 10 nitrogen and oxygen atoms in total. The Morgan fingerprint density at radius 1 is 1.10 bits per heavy atom. The maximum Gasteiger partial charge on any atom is 0.271 e. The van der Waals surface area contributed by atoms with Gasteiger partial charge in [-0.15, -0.1) is 0 Å². The molecule has 0 radical (unpaired) electrons. The van der Waals surface area contributed by atoms with Crippen molar-refractivity contribution in [3.63, 3.8) is 0 Å². The first kappa shape index (κ1) is 22.1. The second-order valence-corrected chi connectivity index (χ2v) is 7.92. The highest BCUT2D eigenvalue weighted by Gasteiger charge is 2.19. The van der Waals surface area contributed by atoms with Gasteiger partial charge in [0.1, 0.15) is 6.61 Å². The van der Waals surface area contributed by atoms with Crippen molar-refractivity contribution in [2.24, 2.45) is 0 Å². The first-order chi connectivity index (χ1) is 13.7. The zero-order valence-electron chi connectivity index (χ0n) is 16.0. The molecular formula is C18H20N2O8S. The van der Waals surface area contributed by atoms with Crippen LogP contribution < -0.4 is 14.8 Å². The largest absolute Gasteiger partial charge is 0.493 e. The van der Waals surface area contributed by atoms with Gasteiger partial charge in [-0.3, -0.25) is 14.9 Å². The smallest absolute Gasteiger partial charge is 0.271 e. The van der Waals surface area contributed by atoms with Crippen molar-refractivity contribution in [1.82, 2.24) is 0 Å². The van der Waals surface area contributed by atoms with Gasteiger partial charge in [-0.25, -0.2) is 8.42 Å². The summed E-state index contributed by atoms with van der Waals surface area (Å²) in [4.78, 5) is 22.6. The van der Waals surface area contributed by atoms with E-state index in [9.17, 15) is 23.3 Å². The number of nitro groups is 1. The highest BCUT2D eigenvalue weighted by molar-refractivity contribution is 7.90. The molecule has 0 aliphatic heterocycles. The molecule has 156 valence electrons. The number of methoxy groups -OCH3 is 2. The molecule has 2 aromatic rings. The Kier molecular flexibility index (Phi) is 7.13. The highest BCUT2D eigenvalue weighted by Crippen LogP contribution is 2.30. The molecule has 2 rings (SSSR count). The Morgan fingerprint density at radius 3 is 2.41 bits per heavy atom. The van der Waals surface area contributed by atoms with Crippen molar-refractivity contribution < 1.29 is 32.3 Å². The number of nitro benzene ring substituents is 1. The van der Waals surface area contributed by atoms with Crippen LogP contribution in [0.5, 0.6) is 11.5 Å². The zero-order chi connectivity index (χ0) is 21.6. The fourth-order valence-corrected chi connectivity index (χ4v) is 3.02. The van der Waals surface area contributed by atoms with Crippen molar-refractivity contribution in [1.29, 1.82) is 0 Å². The van der Waals surface area contributed by atoms with Gasteiger partial charge < -0.3 is 19.5 Å². The Labute approximate surface area is 167 Å². The molecule has 0 heterocycles. The number of non-ortho nitro benzene ring substituents is 1. The lowest BCUT2D eigenvalue weighted by atomic mass is 10.2.